The van der Waals surface area contributed by atoms with Gasteiger partial charge in [0.05, 0.1) is 18.1 Å². The van der Waals surface area contributed by atoms with E-state index in [0.717, 1.165) is 27.8 Å². The van der Waals surface area contributed by atoms with Crippen molar-refractivity contribution >= 4 is 43.6 Å². The van der Waals surface area contributed by atoms with E-state index in [0.29, 0.717) is 0 Å². The van der Waals surface area contributed by atoms with Crippen molar-refractivity contribution in [2.24, 2.45) is 0 Å². The summed E-state index contributed by atoms with van der Waals surface area (Å²) >= 11 is 0. The monoisotopic (exact) mass is 452 g/mol. The molecule has 168 valence electrons. The van der Waals surface area contributed by atoms with Gasteiger partial charge in [0.15, 0.2) is 0 Å². The minimum absolute atomic E-state index is 0.857. The zero-order chi connectivity index (χ0) is 23.5. The maximum atomic E-state index is 5.46. The minimum atomic E-state index is 0.857. The number of ether oxygens (including phenoxy) is 1. The molecule has 0 amide bonds. The number of hydrogen-bond donors (Lipinski definition) is 2. The van der Waals surface area contributed by atoms with Gasteiger partial charge in [0.25, 0.3) is 0 Å². The van der Waals surface area contributed by atoms with Gasteiger partial charge < -0.3 is 14.7 Å². The third kappa shape index (κ3) is 2.91. The number of fused-ring (bicyclic) bond motifs is 6. The van der Waals surface area contributed by atoms with Crippen LogP contribution in [0.1, 0.15) is 5.56 Å². The third-order valence-corrected chi connectivity index (χ3v) is 7.13. The lowest BCUT2D eigenvalue weighted by Gasteiger charge is -2.14. The number of methoxy groups -OCH3 is 1. The second-order valence-corrected chi connectivity index (χ2v) is 9.19. The second kappa shape index (κ2) is 7.51. The minimum Gasteiger partial charge on any atom is -0.497 e. The van der Waals surface area contributed by atoms with Gasteiger partial charge in [0.1, 0.15) is 5.75 Å². The fourth-order valence-corrected chi connectivity index (χ4v) is 5.48. The first kappa shape index (κ1) is 19.9. The van der Waals surface area contributed by atoms with Crippen molar-refractivity contribution in [3.8, 4) is 28.0 Å². The highest BCUT2D eigenvalue weighted by Crippen LogP contribution is 2.48. The molecule has 0 fully saturated rings. The van der Waals surface area contributed by atoms with E-state index in [9.17, 15) is 0 Å². The number of nitrogens with one attached hydrogen (secondary N) is 2. The summed E-state index contributed by atoms with van der Waals surface area (Å²) in [5.41, 5.74) is 10.7. The molecule has 3 heteroatoms. The third-order valence-electron chi connectivity index (χ3n) is 7.13. The number of rotatable bonds is 3. The molecule has 0 spiro atoms. The van der Waals surface area contributed by atoms with Crippen LogP contribution in [0.15, 0.2) is 97.1 Å². The lowest BCUT2D eigenvalue weighted by molar-refractivity contribution is 0.415. The van der Waals surface area contributed by atoms with Crippen LogP contribution in [-0.4, -0.2) is 17.1 Å². The molecule has 0 bridgehead atoms. The molecule has 7 aromatic rings. The van der Waals surface area contributed by atoms with Crippen molar-refractivity contribution in [1.82, 2.24) is 9.97 Å². The number of hydrogen-bond acceptors (Lipinski definition) is 1. The standard InChI is InChI=1S/C32H24N2O/c1-19-11-13-21(14-12-19)28-31-29(23-7-3-5-9-25(23)33-31)27(20-15-17-22(35-2)18-16-20)30-24-8-4-6-10-26(24)34-32(28)30/h3-18,33-34H,1-2H3. The normalized spacial score (nSPS) is 11.7. The molecule has 0 aliphatic heterocycles. The smallest absolute Gasteiger partial charge is 0.118 e. The molecule has 2 heterocycles. The van der Waals surface area contributed by atoms with Crippen LogP contribution in [-0.2, 0) is 0 Å². The molecule has 2 aromatic heterocycles. The maximum Gasteiger partial charge on any atom is 0.118 e. The number of H-pyrrole nitrogens is 2. The average Bonchev–Trinajstić information content (AvgIpc) is 3.47. The predicted octanol–water partition coefficient (Wildman–Crippen LogP) is 8.61. The van der Waals surface area contributed by atoms with Gasteiger partial charge in [0.2, 0.25) is 0 Å². The average molecular weight is 453 g/mol. The fourth-order valence-electron chi connectivity index (χ4n) is 5.48. The molecule has 0 radical (unpaired) electrons. The molecule has 0 unspecified atom stereocenters. The van der Waals surface area contributed by atoms with Gasteiger partial charge in [-0.25, -0.2) is 0 Å². The van der Waals surface area contributed by atoms with Crippen LogP contribution in [0.3, 0.4) is 0 Å². The molecule has 7 rings (SSSR count). The Morgan fingerprint density at radius 2 is 1.03 bits per heavy atom. The highest BCUT2D eigenvalue weighted by molar-refractivity contribution is 6.32. The Morgan fingerprint density at radius 3 is 1.57 bits per heavy atom. The summed E-state index contributed by atoms with van der Waals surface area (Å²) in [5, 5.41) is 4.96. The summed E-state index contributed by atoms with van der Waals surface area (Å²) in [6, 6.07) is 34.5. The fraction of sp³-hybridized carbons (Fsp3) is 0.0625. The molecule has 0 saturated carbocycles. The first-order chi connectivity index (χ1) is 17.2. The van der Waals surface area contributed by atoms with Crippen molar-refractivity contribution in [2.75, 3.05) is 7.11 Å². The summed E-state index contributed by atoms with van der Waals surface area (Å²) in [5.74, 6) is 0.857. The van der Waals surface area contributed by atoms with E-state index < -0.39 is 0 Å². The quantitative estimate of drug-likeness (QED) is 0.277. The Balaban J connectivity index is 1.76. The van der Waals surface area contributed by atoms with Crippen molar-refractivity contribution in [3.05, 3.63) is 103 Å². The number of aromatic amines is 2. The molecule has 35 heavy (non-hydrogen) atoms. The van der Waals surface area contributed by atoms with E-state index in [1.54, 1.807) is 7.11 Å². The van der Waals surface area contributed by atoms with Gasteiger partial charge in [-0.1, -0.05) is 78.4 Å². The zero-order valence-corrected chi connectivity index (χ0v) is 19.6. The summed E-state index contributed by atoms with van der Waals surface area (Å²) < 4.78 is 5.46. The second-order valence-electron chi connectivity index (χ2n) is 9.19. The summed E-state index contributed by atoms with van der Waals surface area (Å²) in [4.78, 5) is 7.57. The molecule has 0 aliphatic rings. The van der Waals surface area contributed by atoms with Crippen LogP contribution in [0.2, 0.25) is 0 Å². The molecule has 0 saturated heterocycles. The van der Waals surface area contributed by atoms with E-state index in [1.807, 2.05) is 12.1 Å². The van der Waals surface area contributed by atoms with Crippen molar-refractivity contribution in [3.63, 3.8) is 0 Å². The van der Waals surface area contributed by atoms with Gasteiger partial charge in [-0.2, -0.15) is 0 Å². The van der Waals surface area contributed by atoms with E-state index in [1.165, 1.54) is 49.4 Å². The van der Waals surface area contributed by atoms with E-state index in [2.05, 4.69) is 102 Å². The molecule has 2 N–H and O–H groups in total. The van der Waals surface area contributed by atoms with Crippen molar-refractivity contribution in [1.29, 1.82) is 0 Å². The predicted molar refractivity (Wildman–Crippen MR) is 147 cm³/mol. The number of aryl methyl sites for hydroxylation is 1. The Morgan fingerprint density at radius 1 is 0.543 bits per heavy atom. The van der Waals surface area contributed by atoms with Gasteiger partial charge in [-0.3, -0.25) is 0 Å². The lowest BCUT2D eigenvalue weighted by Crippen LogP contribution is -1.89. The van der Waals surface area contributed by atoms with Crippen LogP contribution in [0, 0.1) is 6.92 Å². The van der Waals surface area contributed by atoms with Gasteiger partial charge >= 0.3 is 0 Å². The Hall–Kier alpha value is -4.50. The summed E-state index contributed by atoms with van der Waals surface area (Å²) in [6.45, 7) is 2.13. The van der Waals surface area contributed by atoms with Crippen LogP contribution in [0.25, 0.3) is 65.9 Å². The van der Waals surface area contributed by atoms with Crippen molar-refractivity contribution < 1.29 is 4.74 Å². The van der Waals surface area contributed by atoms with Crippen LogP contribution >= 0.6 is 0 Å². The Labute approximate surface area is 203 Å². The van der Waals surface area contributed by atoms with E-state index in [4.69, 9.17) is 4.74 Å². The van der Waals surface area contributed by atoms with Gasteiger partial charge in [0, 0.05) is 43.7 Å². The number of aromatic nitrogens is 2. The zero-order valence-electron chi connectivity index (χ0n) is 19.6. The number of benzene rings is 5. The summed E-state index contributed by atoms with van der Waals surface area (Å²) in [7, 11) is 1.71. The number of para-hydroxylation sites is 2. The molecule has 5 aromatic carbocycles. The first-order valence-electron chi connectivity index (χ1n) is 11.9. The highest BCUT2D eigenvalue weighted by Gasteiger charge is 2.23. The van der Waals surface area contributed by atoms with Crippen LogP contribution in [0.5, 0.6) is 5.75 Å². The molecular formula is C32H24N2O. The SMILES string of the molecule is COc1ccc(-c2c3c([nH]c4ccccc43)c(-c3ccc(C)cc3)c3[nH]c4ccccc4c23)cc1. The largest absolute Gasteiger partial charge is 0.497 e. The van der Waals surface area contributed by atoms with Crippen LogP contribution < -0.4 is 4.74 Å². The maximum absolute atomic E-state index is 5.46. The Kier molecular flexibility index (Phi) is 4.27. The topological polar surface area (TPSA) is 40.8 Å². The lowest BCUT2D eigenvalue weighted by atomic mass is 9.89. The molecule has 0 aliphatic carbocycles. The van der Waals surface area contributed by atoms with Gasteiger partial charge in [-0.15, -0.1) is 0 Å². The molecule has 0 atom stereocenters. The summed E-state index contributed by atoms with van der Waals surface area (Å²) in [6.07, 6.45) is 0. The first-order valence-corrected chi connectivity index (χ1v) is 11.9. The van der Waals surface area contributed by atoms with Crippen LogP contribution in [0.4, 0.5) is 0 Å². The van der Waals surface area contributed by atoms with Crippen molar-refractivity contribution in [2.45, 2.75) is 6.92 Å². The van der Waals surface area contributed by atoms with Gasteiger partial charge in [-0.05, 0) is 42.3 Å². The van der Waals surface area contributed by atoms with E-state index >= 15 is 0 Å². The highest BCUT2D eigenvalue weighted by atomic mass is 16.5. The molecule has 3 nitrogen and oxygen atoms in total. The Bertz CT molecular complexity index is 1780. The van der Waals surface area contributed by atoms with E-state index in [-0.39, 0.29) is 0 Å². The molecular weight excluding hydrogens is 428 g/mol.